The molecule has 0 atom stereocenters. The molecule has 6 nitrogen and oxygen atoms in total. The van der Waals surface area contributed by atoms with Crippen molar-refractivity contribution in [1.29, 1.82) is 10.5 Å². The quantitative estimate of drug-likeness (QED) is 0.654. The Morgan fingerprint density at radius 3 is 1.69 bits per heavy atom. The van der Waals surface area contributed by atoms with Crippen LogP contribution in [0.3, 0.4) is 0 Å². The molecule has 0 amide bonds. The van der Waals surface area contributed by atoms with Crippen molar-refractivity contribution < 1.29 is 14.2 Å². The molecule has 6 heteroatoms. The van der Waals surface area contributed by atoms with E-state index in [2.05, 4.69) is 12.1 Å². The molecule has 0 aliphatic carbocycles. The number of nitrogens with two attached hydrogens (primary N) is 1. The molecule has 3 aromatic carbocycles. The maximum Gasteiger partial charge on any atom is 0.203 e. The van der Waals surface area contributed by atoms with E-state index in [1.807, 2.05) is 30.3 Å². The van der Waals surface area contributed by atoms with Gasteiger partial charge in [-0.2, -0.15) is 10.5 Å². The molecule has 0 saturated carbocycles. The summed E-state index contributed by atoms with van der Waals surface area (Å²) < 4.78 is 16.2. The van der Waals surface area contributed by atoms with E-state index in [1.54, 1.807) is 18.2 Å². The van der Waals surface area contributed by atoms with Crippen molar-refractivity contribution in [1.82, 2.24) is 0 Å². The van der Waals surface area contributed by atoms with Gasteiger partial charge in [0.2, 0.25) is 5.75 Å². The molecule has 2 N–H and O–H groups in total. The summed E-state index contributed by atoms with van der Waals surface area (Å²) in [6.45, 7) is 0. The minimum atomic E-state index is 0.139. The topological polar surface area (TPSA) is 101 Å². The summed E-state index contributed by atoms with van der Waals surface area (Å²) in [6.07, 6.45) is 0. The largest absolute Gasteiger partial charge is 0.493 e. The Morgan fingerprint density at radius 1 is 0.724 bits per heavy atom. The highest BCUT2D eigenvalue weighted by Gasteiger charge is 2.21. The summed E-state index contributed by atoms with van der Waals surface area (Å²) in [5.41, 5.74) is 9.57. The molecule has 0 saturated heterocycles. The highest BCUT2D eigenvalue weighted by molar-refractivity contribution is 5.90. The van der Waals surface area contributed by atoms with E-state index in [0.29, 0.717) is 33.9 Å². The van der Waals surface area contributed by atoms with E-state index >= 15 is 0 Å². The number of rotatable bonds is 5. The lowest BCUT2D eigenvalue weighted by molar-refractivity contribution is 0.324. The minimum Gasteiger partial charge on any atom is -0.493 e. The highest BCUT2D eigenvalue weighted by Crippen LogP contribution is 2.44. The second-order valence-electron chi connectivity index (χ2n) is 6.14. The Hall–Kier alpha value is -4.16. The number of nitrogens with zero attached hydrogens (tertiary/aromatic N) is 2. The second-order valence-corrected chi connectivity index (χ2v) is 6.14. The van der Waals surface area contributed by atoms with Gasteiger partial charge in [-0.1, -0.05) is 30.3 Å². The van der Waals surface area contributed by atoms with Gasteiger partial charge in [-0.25, -0.2) is 0 Å². The smallest absolute Gasteiger partial charge is 0.203 e. The molecule has 3 aromatic rings. The number of hydrogen-bond acceptors (Lipinski definition) is 6. The van der Waals surface area contributed by atoms with Crippen molar-refractivity contribution in [2.24, 2.45) is 0 Å². The Morgan fingerprint density at radius 2 is 1.24 bits per heavy atom. The SMILES string of the molecule is COc1cc(-c2cc(-c3ccccc3)c(C#N)c(N)c2C#N)cc(OC)c1OC. The predicted octanol–water partition coefficient (Wildman–Crippen LogP) is 4.37. The fraction of sp³-hybridized carbons (Fsp3) is 0.130. The van der Waals surface area contributed by atoms with E-state index in [9.17, 15) is 10.5 Å². The van der Waals surface area contributed by atoms with Gasteiger partial charge >= 0.3 is 0 Å². The zero-order chi connectivity index (χ0) is 21.0. The Kier molecular flexibility index (Phi) is 5.57. The highest BCUT2D eigenvalue weighted by atomic mass is 16.5. The van der Waals surface area contributed by atoms with Gasteiger partial charge in [0.25, 0.3) is 0 Å². The van der Waals surface area contributed by atoms with Crippen LogP contribution in [0.25, 0.3) is 22.3 Å². The lowest BCUT2D eigenvalue weighted by Crippen LogP contribution is -2.01. The number of ether oxygens (including phenoxy) is 3. The van der Waals surface area contributed by atoms with Crippen LogP contribution in [0.4, 0.5) is 5.69 Å². The molecular formula is C23H19N3O3. The molecule has 0 fully saturated rings. The van der Waals surface area contributed by atoms with Crippen molar-refractivity contribution >= 4 is 5.69 Å². The van der Waals surface area contributed by atoms with Crippen molar-refractivity contribution in [2.75, 3.05) is 27.1 Å². The third-order valence-corrected chi connectivity index (χ3v) is 4.65. The first-order chi connectivity index (χ1) is 14.1. The van der Waals surface area contributed by atoms with Crippen molar-refractivity contribution in [3.05, 3.63) is 59.7 Å². The van der Waals surface area contributed by atoms with Crippen molar-refractivity contribution in [3.63, 3.8) is 0 Å². The molecular weight excluding hydrogens is 366 g/mol. The summed E-state index contributed by atoms with van der Waals surface area (Å²) in [6, 6.07) is 19.0. The summed E-state index contributed by atoms with van der Waals surface area (Å²) in [5, 5.41) is 19.4. The average Bonchev–Trinajstić information content (AvgIpc) is 2.77. The molecule has 0 unspecified atom stereocenters. The zero-order valence-electron chi connectivity index (χ0n) is 16.3. The van der Waals surface area contributed by atoms with Crippen LogP contribution in [0.1, 0.15) is 11.1 Å². The van der Waals surface area contributed by atoms with Gasteiger partial charge in [0.15, 0.2) is 11.5 Å². The maximum atomic E-state index is 9.77. The fourth-order valence-electron chi connectivity index (χ4n) is 3.25. The molecule has 0 aromatic heterocycles. The maximum absolute atomic E-state index is 9.77. The summed E-state index contributed by atoms with van der Waals surface area (Å²) in [7, 11) is 4.57. The third-order valence-electron chi connectivity index (χ3n) is 4.65. The van der Waals surface area contributed by atoms with E-state index in [-0.39, 0.29) is 16.8 Å². The number of nitrogen functional groups attached to an aromatic ring is 1. The van der Waals surface area contributed by atoms with Crippen LogP contribution < -0.4 is 19.9 Å². The normalized spacial score (nSPS) is 9.97. The van der Waals surface area contributed by atoms with Gasteiger partial charge in [-0.05, 0) is 29.3 Å². The van der Waals surface area contributed by atoms with Crippen LogP contribution in [-0.4, -0.2) is 21.3 Å². The van der Waals surface area contributed by atoms with E-state index < -0.39 is 0 Å². The van der Waals surface area contributed by atoms with Crippen LogP contribution in [0.5, 0.6) is 17.2 Å². The molecule has 29 heavy (non-hydrogen) atoms. The number of nitriles is 2. The van der Waals surface area contributed by atoms with Gasteiger partial charge in [0, 0.05) is 11.1 Å². The van der Waals surface area contributed by atoms with Crippen LogP contribution >= 0.6 is 0 Å². The Balaban J connectivity index is 2.38. The van der Waals surface area contributed by atoms with Crippen LogP contribution in [0.2, 0.25) is 0 Å². The van der Waals surface area contributed by atoms with Crippen molar-refractivity contribution in [3.8, 4) is 51.6 Å². The summed E-state index contributed by atoms with van der Waals surface area (Å²) >= 11 is 0. The molecule has 0 aliphatic rings. The van der Waals surface area contributed by atoms with E-state index in [1.165, 1.54) is 21.3 Å². The number of anilines is 1. The van der Waals surface area contributed by atoms with Crippen molar-refractivity contribution in [2.45, 2.75) is 0 Å². The van der Waals surface area contributed by atoms with Crippen LogP contribution in [0, 0.1) is 22.7 Å². The first-order valence-electron chi connectivity index (χ1n) is 8.72. The molecule has 0 heterocycles. The monoisotopic (exact) mass is 385 g/mol. The molecule has 0 aliphatic heterocycles. The summed E-state index contributed by atoms with van der Waals surface area (Å²) in [4.78, 5) is 0. The van der Waals surface area contributed by atoms with Crippen LogP contribution in [0.15, 0.2) is 48.5 Å². The minimum absolute atomic E-state index is 0.139. The first-order valence-corrected chi connectivity index (χ1v) is 8.72. The lowest BCUT2D eigenvalue weighted by Gasteiger charge is -2.17. The third kappa shape index (κ3) is 3.40. The number of hydrogen-bond donors (Lipinski definition) is 1. The lowest BCUT2D eigenvalue weighted by atomic mass is 9.89. The van der Waals surface area contributed by atoms with Gasteiger partial charge in [-0.3, -0.25) is 0 Å². The molecule has 0 radical (unpaired) electrons. The number of methoxy groups -OCH3 is 3. The standard InChI is InChI=1S/C23H19N3O3/c1-27-20-9-15(10-21(28-2)23(20)29-3)17-11-16(14-7-5-4-6-8-14)18(12-24)22(26)19(17)13-25/h4-11H,26H2,1-3H3. The molecule has 0 bridgehead atoms. The predicted molar refractivity (Wildman–Crippen MR) is 111 cm³/mol. The van der Waals surface area contributed by atoms with Crippen LogP contribution in [-0.2, 0) is 0 Å². The van der Waals surface area contributed by atoms with Gasteiger partial charge < -0.3 is 19.9 Å². The first kappa shape index (κ1) is 19.6. The van der Waals surface area contributed by atoms with Gasteiger partial charge in [0.05, 0.1) is 38.1 Å². The molecule has 3 rings (SSSR count). The molecule has 144 valence electrons. The second kappa shape index (κ2) is 8.24. The zero-order valence-corrected chi connectivity index (χ0v) is 16.3. The number of benzene rings is 3. The fourth-order valence-corrected chi connectivity index (χ4v) is 3.25. The Bertz CT molecular complexity index is 1120. The summed E-state index contributed by atoms with van der Waals surface area (Å²) in [5.74, 6) is 1.35. The van der Waals surface area contributed by atoms with E-state index in [0.717, 1.165) is 5.56 Å². The van der Waals surface area contributed by atoms with E-state index in [4.69, 9.17) is 19.9 Å². The van der Waals surface area contributed by atoms with Gasteiger partial charge in [-0.15, -0.1) is 0 Å². The average molecular weight is 385 g/mol. The molecule has 0 spiro atoms. The Labute approximate surface area is 169 Å². The van der Waals surface area contributed by atoms with Gasteiger partial charge in [0.1, 0.15) is 12.1 Å².